The van der Waals surface area contributed by atoms with Gasteiger partial charge in [0.25, 0.3) is 0 Å². The summed E-state index contributed by atoms with van der Waals surface area (Å²) in [7, 11) is 1.87. The van der Waals surface area contributed by atoms with Gasteiger partial charge in [-0.1, -0.05) is 29.4 Å². The molecule has 33 heavy (non-hydrogen) atoms. The lowest BCUT2D eigenvalue weighted by atomic mass is 10.1. The molecule has 2 fully saturated rings. The summed E-state index contributed by atoms with van der Waals surface area (Å²) >= 11 is 0. The zero-order valence-corrected chi connectivity index (χ0v) is 22.3. The second-order valence-electron chi connectivity index (χ2n) is 8.87. The molecule has 2 aromatic rings. The van der Waals surface area contributed by atoms with Crippen molar-refractivity contribution in [2.75, 3.05) is 46.3 Å². The van der Waals surface area contributed by atoms with Crippen LogP contribution in [0.2, 0.25) is 0 Å². The SMILES string of the molecule is CN=C(NCc1ccccc1CN1CC(C)OC(C)C1)N1CCN(Cc2ccon2)CC1.I. The molecular formula is C24H37IN6O2. The minimum Gasteiger partial charge on any atom is -0.373 e. The number of guanidine groups is 1. The molecule has 4 rings (SSSR count). The zero-order valence-electron chi connectivity index (χ0n) is 19.9. The molecule has 0 aliphatic carbocycles. The molecule has 1 aromatic heterocycles. The van der Waals surface area contributed by atoms with Crippen LogP contribution >= 0.6 is 24.0 Å². The van der Waals surface area contributed by atoms with E-state index < -0.39 is 0 Å². The van der Waals surface area contributed by atoms with E-state index in [-0.39, 0.29) is 36.2 Å². The van der Waals surface area contributed by atoms with Crippen LogP contribution in [0.25, 0.3) is 0 Å². The van der Waals surface area contributed by atoms with Crippen LogP contribution in [0.3, 0.4) is 0 Å². The van der Waals surface area contributed by atoms with E-state index in [0.29, 0.717) is 0 Å². The van der Waals surface area contributed by atoms with E-state index in [1.165, 1.54) is 11.1 Å². The smallest absolute Gasteiger partial charge is 0.194 e. The quantitative estimate of drug-likeness (QED) is 0.327. The first-order chi connectivity index (χ1) is 15.6. The topological polar surface area (TPSA) is 69.4 Å². The van der Waals surface area contributed by atoms with Crippen molar-refractivity contribution in [1.29, 1.82) is 0 Å². The lowest BCUT2D eigenvalue weighted by molar-refractivity contribution is -0.0705. The highest BCUT2D eigenvalue weighted by Crippen LogP contribution is 2.17. The van der Waals surface area contributed by atoms with Crippen molar-refractivity contribution in [3.05, 3.63) is 53.4 Å². The van der Waals surface area contributed by atoms with Crippen molar-refractivity contribution >= 4 is 29.9 Å². The maximum Gasteiger partial charge on any atom is 0.194 e. The van der Waals surface area contributed by atoms with Crippen molar-refractivity contribution < 1.29 is 9.26 Å². The summed E-state index contributed by atoms with van der Waals surface area (Å²) in [6.07, 6.45) is 2.20. The number of ether oxygens (including phenoxy) is 1. The summed E-state index contributed by atoms with van der Waals surface area (Å²) in [4.78, 5) is 11.8. The Morgan fingerprint density at radius 2 is 1.70 bits per heavy atom. The standard InChI is InChI=1S/C24H36N6O2.HI/c1-19-15-29(16-20(2)32-19)17-22-7-5-4-6-21(22)14-26-24(25-3)30-11-9-28(10-12-30)18-23-8-13-31-27-23;/h4-8,13,19-20H,9-12,14-18H2,1-3H3,(H,25,26);1H. The Balaban J connectivity index is 0.00000306. The van der Waals surface area contributed by atoms with E-state index in [4.69, 9.17) is 9.26 Å². The predicted molar refractivity (Wildman–Crippen MR) is 141 cm³/mol. The molecule has 2 unspecified atom stereocenters. The summed E-state index contributed by atoms with van der Waals surface area (Å²) in [5, 5.41) is 7.62. The molecule has 2 aliphatic rings. The van der Waals surface area contributed by atoms with Gasteiger partial charge >= 0.3 is 0 Å². The van der Waals surface area contributed by atoms with Crippen LogP contribution in [0.15, 0.2) is 46.1 Å². The van der Waals surface area contributed by atoms with Crippen molar-refractivity contribution in [3.8, 4) is 0 Å². The Kier molecular flexibility index (Phi) is 9.96. The van der Waals surface area contributed by atoms with Crippen LogP contribution in [-0.2, 0) is 24.4 Å². The van der Waals surface area contributed by atoms with Crippen LogP contribution in [0.5, 0.6) is 0 Å². The molecule has 0 radical (unpaired) electrons. The van der Waals surface area contributed by atoms with E-state index in [1.54, 1.807) is 6.26 Å². The number of hydrogen-bond acceptors (Lipinski definition) is 6. The molecule has 1 N–H and O–H groups in total. The number of benzene rings is 1. The first-order valence-corrected chi connectivity index (χ1v) is 11.6. The number of rotatable bonds is 6. The lowest BCUT2D eigenvalue weighted by Gasteiger charge is -2.36. The minimum absolute atomic E-state index is 0. The molecule has 182 valence electrons. The Morgan fingerprint density at radius 3 is 2.33 bits per heavy atom. The Bertz CT molecular complexity index is 860. The van der Waals surface area contributed by atoms with E-state index in [9.17, 15) is 0 Å². The van der Waals surface area contributed by atoms with Gasteiger partial charge in [-0.05, 0) is 25.0 Å². The first kappa shape index (κ1) is 25.9. The van der Waals surface area contributed by atoms with E-state index in [0.717, 1.165) is 70.6 Å². The summed E-state index contributed by atoms with van der Waals surface area (Å²) in [5.41, 5.74) is 3.68. The third-order valence-corrected chi connectivity index (χ3v) is 6.21. The summed E-state index contributed by atoms with van der Waals surface area (Å²) in [6, 6.07) is 10.7. The number of aliphatic imine (C=N–C) groups is 1. The fraction of sp³-hybridized carbons (Fsp3) is 0.583. The van der Waals surface area contributed by atoms with Gasteiger partial charge in [-0.2, -0.15) is 0 Å². The van der Waals surface area contributed by atoms with Crippen LogP contribution < -0.4 is 5.32 Å². The van der Waals surface area contributed by atoms with Crippen LogP contribution in [0.1, 0.15) is 30.7 Å². The van der Waals surface area contributed by atoms with Crippen molar-refractivity contribution in [3.63, 3.8) is 0 Å². The van der Waals surface area contributed by atoms with Gasteiger partial charge in [-0.25, -0.2) is 0 Å². The molecular weight excluding hydrogens is 531 g/mol. The molecule has 3 heterocycles. The number of morpholine rings is 1. The molecule has 2 saturated heterocycles. The van der Waals surface area contributed by atoms with E-state index >= 15 is 0 Å². The second-order valence-corrected chi connectivity index (χ2v) is 8.87. The predicted octanol–water partition coefficient (Wildman–Crippen LogP) is 2.80. The third-order valence-electron chi connectivity index (χ3n) is 6.21. The lowest BCUT2D eigenvalue weighted by Crippen LogP contribution is -2.52. The fourth-order valence-electron chi connectivity index (χ4n) is 4.71. The maximum atomic E-state index is 5.89. The van der Waals surface area contributed by atoms with Crippen molar-refractivity contribution in [1.82, 2.24) is 25.2 Å². The summed E-state index contributed by atoms with van der Waals surface area (Å²) < 4.78 is 10.8. The molecule has 8 nitrogen and oxygen atoms in total. The highest BCUT2D eigenvalue weighted by Gasteiger charge is 2.23. The van der Waals surface area contributed by atoms with Crippen molar-refractivity contribution in [2.24, 2.45) is 4.99 Å². The molecule has 1 aromatic carbocycles. The average Bonchev–Trinajstić information content (AvgIpc) is 3.29. The van der Waals surface area contributed by atoms with Gasteiger partial charge in [0.15, 0.2) is 5.96 Å². The van der Waals surface area contributed by atoms with Crippen molar-refractivity contribution in [2.45, 2.75) is 45.7 Å². The first-order valence-electron chi connectivity index (χ1n) is 11.6. The maximum absolute atomic E-state index is 5.89. The van der Waals surface area contributed by atoms with Gasteiger partial charge in [0, 0.05) is 72.0 Å². The zero-order chi connectivity index (χ0) is 22.3. The van der Waals surface area contributed by atoms with Crippen LogP contribution in [-0.4, -0.2) is 84.3 Å². The number of halogens is 1. The fourth-order valence-corrected chi connectivity index (χ4v) is 4.71. The molecule has 2 atom stereocenters. The van der Waals surface area contributed by atoms with E-state index in [2.05, 4.69) is 68.3 Å². The van der Waals surface area contributed by atoms with Gasteiger partial charge in [0.05, 0.1) is 17.9 Å². The van der Waals surface area contributed by atoms with Crippen LogP contribution in [0, 0.1) is 0 Å². The number of nitrogens with zero attached hydrogens (tertiary/aromatic N) is 5. The number of aromatic nitrogens is 1. The summed E-state index contributed by atoms with van der Waals surface area (Å²) in [6.45, 7) is 12.7. The van der Waals surface area contributed by atoms with Gasteiger partial charge in [0.1, 0.15) is 6.26 Å². The normalized spacial score (nSPS) is 22.8. The number of nitrogens with one attached hydrogen (secondary N) is 1. The highest BCUT2D eigenvalue weighted by atomic mass is 127. The molecule has 2 aliphatic heterocycles. The number of hydrogen-bond donors (Lipinski definition) is 1. The number of piperazine rings is 1. The van der Waals surface area contributed by atoms with E-state index in [1.807, 2.05) is 13.1 Å². The van der Waals surface area contributed by atoms with Gasteiger partial charge in [0.2, 0.25) is 0 Å². The van der Waals surface area contributed by atoms with Gasteiger partial charge in [-0.3, -0.25) is 14.8 Å². The Morgan fingerprint density at radius 1 is 1.00 bits per heavy atom. The summed E-state index contributed by atoms with van der Waals surface area (Å²) in [5.74, 6) is 0.967. The van der Waals surface area contributed by atoms with Gasteiger partial charge < -0.3 is 19.5 Å². The molecule has 0 bridgehead atoms. The molecule has 0 spiro atoms. The Hall–Kier alpha value is -1.69. The monoisotopic (exact) mass is 568 g/mol. The average molecular weight is 569 g/mol. The molecule has 9 heteroatoms. The van der Waals surface area contributed by atoms with Crippen LogP contribution in [0.4, 0.5) is 0 Å². The minimum atomic E-state index is 0. The van der Waals surface area contributed by atoms with Gasteiger partial charge in [-0.15, -0.1) is 24.0 Å². The largest absolute Gasteiger partial charge is 0.373 e. The molecule has 0 amide bonds. The Labute approximate surface area is 214 Å². The highest BCUT2D eigenvalue weighted by molar-refractivity contribution is 14.0. The second kappa shape index (κ2) is 12.7. The third kappa shape index (κ3) is 7.40. The molecule has 0 saturated carbocycles.